The van der Waals surface area contributed by atoms with Crippen LogP contribution in [0.2, 0.25) is 10.0 Å². The van der Waals surface area contributed by atoms with Crippen molar-refractivity contribution in [2.75, 3.05) is 0 Å². The minimum Gasteiger partial charge on any atom is -0.206 e. The summed E-state index contributed by atoms with van der Waals surface area (Å²) in [5, 5.41) is 0.721. The van der Waals surface area contributed by atoms with Crippen LogP contribution in [0, 0.1) is 18.6 Å². The summed E-state index contributed by atoms with van der Waals surface area (Å²) in [6, 6.07) is 11.5. The molecule has 0 bridgehead atoms. The van der Waals surface area contributed by atoms with E-state index >= 15 is 0 Å². The molecule has 0 aliphatic rings. The fraction of sp³-hybridized carbons (Fsp3) is 0.0526. The Balaban J connectivity index is 2.40. The Hall–Kier alpha value is -0.940. The molecule has 3 aromatic carbocycles. The second-order valence-electron chi connectivity index (χ2n) is 5.43. The Labute approximate surface area is 171 Å². The van der Waals surface area contributed by atoms with Crippen LogP contribution in [0.1, 0.15) is 5.56 Å². The summed E-state index contributed by atoms with van der Waals surface area (Å²) in [6.07, 6.45) is 0. The zero-order chi connectivity index (χ0) is 18.3. The molecule has 0 fully saturated rings. The lowest BCUT2D eigenvalue weighted by atomic mass is 9.95. The fourth-order valence-electron chi connectivity index (χ4n) is 2.60. The first-order valence-corrected chi connectivity index (χ1v) is 9.54. The number of halogens is 6. The Morgan fingerprint density at radius 3 is 2.12 bits per heavy atom. The maximum atomic E-state index is 14.5. The van der Waals surface area contributed by atoms with Crippen LogP contribution < -0.4 is 0 Å². The van der Waals surface area contributed by atoms with E-state index in [2.05, 4.69) is 31.9 Å². The van der Waals surface area contributed by atoms with Gasteiger partial charge in [0, 0.05) is 21.2 Å². The largest absolute Gasteiger partial charge is 0.206 e. The van der Waals surface area contributed by atoms with Crippen molar-refractivity contribution >= 4 is 55.1 Å². The summed E-state index contributed by atoms with van der Waals surface area (Å²) in [7, 11) is 0. The zero-order valence-electron chi connectivity index (χ0n) is 12.8. The van der Waals surface area contributed by atoms with Gasteiger partial charge in [0.2, 0.25) is 0 Å². The minimum atomic E-state index is -0.586. The van der Waals surface area contributed by atoms with Gasteiger partial charge < -0.3 is 0 Å². The molecule has 0 amide bonds. The Morgan fingerprint density at radius 2 is 1.48 bits per heavy atom. The summed E-state index contributed by atoms with van der Waals surface area (Å²) in [5.74, 6) is -1.16. The van der Waals surface area contributed by atoms with E-state index in [0.29, 0.717) is 26.2 Å². The number of benzene rings is 3. The van der Waals surface area contributed by atoms with Gasteiger partial charge in [0.05, 0.1) is 14.5 Å². The van der Waals surface area contributed by atoms with Crippen LogP contribution in [0.25, 0.3) is 22.3 Å². The second-order valence-corrected chi connectivity index (χ2v) is 7.83. The number of rotatable bonds is 2. The van der Waals surface area contributed by atoms with E-state index in [4.69, 9.17) is 23.2 Å². The molecule has 0 heterocycles. The maximum Gasteiger partial charge on any atom is 0.138 e. The van der Waals surface area contributed by atoms with E-state index in [1.54, 1.807) is 6.92 Å². The third-order valence-corrected chi connectivity index (χ3v) is 6.33. The van der Waals surface area contributed by atoms with Crippen LogP contribution in [0.15, 0.2) is 51.4 Å². The fourth-order valence-corrected chi connectivity index (χ4v) is 4.50. The molecule has 0 saturated carbocycles. The molecule has 0 N–H and O–H groups in total. The van der Waals surface area contributed by atoms with E-state index in [0.717, 1.165) is 17.7 Å². The molecular weight excluding hydrogens is 497 g/mol. The lowest BCUT2D eigenvalue weighted by molar-refractivity contribution is 0.597. The monoisotopic (exact) mass is 504 g/mol. The Bertz CT molecular complexity index is 973. The molecule has 0 saturated heterocycles. The third kappa shape index (κ3) is 3.37. The van der Waals surface area contributed by atoms with Gasteiger partial charge in [-0.3, -0.25) is 0 Å². The van der Waals surface area contributed by atoms with Crippen molar-refractivity contribution in [3.05, 3.63) is 78.7 Å². The zero-order valence-corrected chi connectivity index (χ0v) is 17.5. The van der Waals surface area contributed by atoms with E-state index in [-0.39, 0.29) is 15.1 Å². The topological polar surface area (TPSA) is 0 Å². The van der Waals surface area contributed by atoms with Gasteiger partial charge in [-0.2, -0.15) is 0 Å². The van der Waals surface area contributed by atoms with Gasteiger partial charge in [-0.15, -0.1) is 0 Å². The lowest BCUT2D eigenvalue weighted by Crippen LogP contribution is -1.96. The molecule has 0 aliphatic heterocycles. The lowest BCUT2D eigenvalue weighted by Gasteiger charge is -2.18. The van der Waals surface area contributed by atoms with Crippen LogP contribution in [-0.4, -0.2) is 0 Å². The van der Waals surface area contributed by atoms with Gasteiger partial charge in [-0.05, 0) is 62.0 Å². The smallest absolute Gasteiger partial charge is 0.138 e. The molecule has 0 spiro atoms. The molecule has 0 aromatic heterocycles. The number of hydrogen-bond donors (Lipinski definition) is 0. The van der Waals surface area contributed by atoms with E-state index in [1.165, 1.54) is 0 Å². The molecule has 0 radical (unpaired) electrons. The minimum absolute atomic E-state index is 0.0509. The predicted octanol–water partition coefficient (Wildman–Crippen LogP) is 8.44. The first-order valence-electron chi connectivity index (χ1n) is 7.20. The van der Waals surface area contributed by atoms with Crippen molar-refractivity contribution in [3.63, 3.8) is 0 Å². The van der Waals surface area contributed by atoms with Crippen molar-refractivity contribution in [2.24, 2.45) is 0 Å². The molecule has 0 atom stereocenters. The molecule has 128 valence electrons. The highest BCUT2D eigenvalue weighted by Gasteiger charge is 2.23. The van der Waals surface area contributed by atoms with Gasteiger partial charge in [0.15, 0.2) is 0 Å². The SMILES string of the molecule is Cc1c(Cl)c(-c2ccccc2)c(Cl)c(-c2cc(F)c(Br)cc2F)c1Br. The van der Waals surface area contributed by atoms with E-state index < -0.39 is 11.6 Å². The first kappa shape index (κ1) is 18.8. The maximum absolute atomic E-state index is 14.5. The van der Waals surface area contributed by atoms with Crippen LogP contribution in [0.3, 0.4) is 0 Å². The average molecular weight is 507 g/mol. The molecule has 3 rings (SSSR count). The Kier molecular flexibility index (Phi) is 5.54. The quantitative estimate of drug-likeness (QED) is 0.306. The van der Waals surface area contributed by atoms with Gasteiger partial charge in [-0.1, -0.05) is 53.5 Å². The first-order chi connectivity index (χ1) is 11.8. The van der Waals surface area contributed by atoms with Crippen LogP contribution in [-0.2, 0) is 0 Å². The van der Waals surface area contributed by atoms with E-state index in [9.17, 15) is 8.78 Å². The summed E-state index contributed by atoms with van der Waals surface area (Å²) in [6.45, 7) is 1.80. The third-order valence-electron chi connectivity index (χ3n) is 3.88. The summed E-state index contributed by atoms with van der Waals surface area (Å²) in [4.78, 5) is 0. The number of hydrogen-bond acceptors (Lipinski definition) is 0. The van der Waals surface area contributed by atoms with Gasteiger partial charge in [-0.25, -0.2) is 8.78 Å². The van der Waals surface area contributed by atoms with Crippen molar-refractivity contribution in [2.45, 2.75) is 6.92 Å². The van der Waals surface area contributed by atoms with Gasteiger partial charge >= 0.3 is 0 Å². The summed E-state index contributed by atoms with van der Waals surface area (Å²) in [5.41, 5.74) is 2.51. The van der Waals surface area contributed by atoms with Gasteiger partial charge in [0.1, 0.15) is 11.6 Å². The molecule has 0 nitrogen and oxygen atoms in total. The highest BCUT2D eigenvalue weighted by Crippen LogP contribution is 2.48. The molecule has 0 aliphatic carbocycles. The molecular formula is C19H10Br2Cl2F2. The van der Waals surface area contributed by atoms with Crippen molar-refractivity contribution in [1.29, 1.82) is 0 Å². The normalized spacial score (nSPS) is 11.0. The molecule has 3 aromatic rings. The molecule has 6 heteroatoms. The van der Waals surface area contributed by atoms with E-state index in [1.807, 2.05) is 30.3 Å². The Morgan fingerprint density at radius 1 is 0.840 bits per heavy atom. The highest BCUT2D eigenvalue weighted by molar-refractivity contribution is 9.11. The average Bonchev–Trinajstić information content (AvgIpc) is 2.58. The van der Waals surface area contributed by atoms with Crippen LogP contribution in [0.4, 0.5) is 8.78 Å². The summed E-state index contributed by atoms with van der Waals surface area (Å²) >= 11 is 19.5. The van der Waals surface area contributed by atoms with Crippen LogP contribution >= 0.6 is 55.1 Å². The van der Waals surface area contributed by atoms with Crippen LogP contribution in [0.5, 0.6) is 0 Å². The standard InChI is InChI=1S/C19H10Br2Cl2F2/c1-9-17(21)16(11-7-14(25)12(20)8-13(11)24)19(23)15(18(9)22)10-5-3-2-4-6-10/h2-8H,1H3. The summed E-state index contributed by atoms with van der Waals surface area (Å²) < 4.78 is 29.1. The van der Waals surface area contributed by atoms with Gasteiger partial charge in [0.25, 0.3) is 0 Å². The van der Waals surface area contributed by atoms with Crippen molar-refractivity contribution < 1.29 is 8.78 Å². The molecule has 0 unspecified atom stereocenters. The molecule has 25 heavy (non-hydrogen) atoms. The highest BCUT2D eigenvalue weighted by atomic mass is 79.9. The second kappa shape index (κ2) is 7.36. The van der Waals surface area contributed by atoms with Crippen molar-refractivity contribution in [1.82, 2.24) is 0 Å². The predicted molar refractivity (Wildman–Crippen MR) is 107 cm³/mol. The van der Waals surface area contributed by atoms with Crippen molar-refractivity contribution in [3.8, 4) is 22.3 Å².